The molecule has 1 heterocycles. The third-order valence-corrected chi connectivity index (χ3v) is 5.90. The van der Waals surface area contributed by atoms with Gasteiger partial charge in [-0.3, -0.25) is 0 Å². The maximum absolute atomic E-state index is 5.40. The van der Waals surface area contributed by atoms with Crippen LogP contribution in [0, 0.1) is 18.5 Å². The van der Waals surface area contributed by atoms with E-state index in [1.165, 1.54) is 11.1 Å². The summed E-state index contributed by atoms with van der Waals surface area (Å²) in [7, 11) is 0. The third-order valence-electron chi connectivity index (χ3n) is 3.32. The van der Waals surface area contributed by atoms with Crippen molar-refractivity contribution < 1.29 is 0 Å². The molecular weight excluding hydrogens is 412 g/mol. The minimum atomic E-state index is -0.0382. The van der Waals surface area contributed by atoms with E-state index in [0.717, 1.165) is 26.0 Å². The Labute approximate surface area is 147 Å². The van der Waals surface area contributed by atoms with Crippen molar-refractivity contribution in [2.45, 2.75) is 40.0 Å². The molecule has 0 aliphatic carbocycles. The van der Waals surface area contributed by atoms with Crippen LogP contribution in [0.4, 0.5) is 0 Å². The van der Waals surface area contributed by atoms with Gasteiger partial charge >= 0.3 is 0 Å². The first-order valence-electron chi connectivity index (χ1n) is 6.68. The first-order chi connectivity index (χ1) is 9.61. The zero-order valence-electron chi connectivity index (χ0n) is 12.8. The third kappa shape index (κ3) is 3.46. The lowest BCUT2D eigenvalue weighted by atomic mass is 9.92. The molecule has 0 unspecified atom stereocenters. The molecule has 0 radical (unpaired) electrons. The highest BCUT2D eigenvalue weighted by Gasteiger charge is 2.20. The van der Waals surface area contributed by atoms with Crippen molar-refractivity contribution in [2.24, 2.45) is 0 Å². The van der Waals surface area contributed by atoms with E-state index >= 15 is 0 Å². The Kier molecular flexibility index (Phi) is 4.76. The van der Waals surface area contributed by atoms with Gasteiger partial charge in [-0.05, 0) is 53.0 Å². The van der Waals surface area contributed by atoms with Crippen molar-refractivity contribution in [1.29, 1.82) is 0 Å². The summed E-state index contributed by atoms with van der Waals surface area (Å²) in [5, 5.41) is 0. The van der Waals surface area contributed by atoms with Gasteiger partial charge in [0.15, 0.2) is 0 Å². The van der Waals surface area contributed by atoms with Crippen LogP contribution >= 0.6 is 44.1 Å². The van der Waals surface area contributed by atoms with Crippen LogP contribution in [0.3, 0.4) is 0 Å². The molecule has 0 spiro atoms. The van der Waals surface area contributed by atoms with Crippen LogP contribution in [0.2, 0.25) is 0 Å². The highest BCUT2D eigenvalue weighted by atomic mass is 79.9. The van der Waals surface area contributed by atoms with Crippen molar-refractivity contribution in [2.75, 3.05) is 0 Å². The number of halogens is 2. The zero-order chi connectivity index (χ0) is 15.9. The second kappa shape index (κ2) is 5.94. The molecule has 5 heteroatoms. The van der Waals surface area contributed by atoms with E-state index in [1.54, 1.807) is 0 Å². The number of benzene rings is 1. The van der Waals surface area contributed by atoms with Gasteiger partial charge in [-0.2, -0.15) is 0 Å². The highest BCUT2D eigenvalue weighted by molar-refractivity contribution is 9.10. The molecule has 2 nitrogen and oxygen atoms in total. The van der Waals surface area contributed by atoms with Crippen molar-refractivity contribution in [1.82, 2.24) is 9.97 Å². The van der Waals surface area contributed by atoms with E-state index in [-0.39, 0.29) is 5.41 Å². The van der Waals surface area contributed by atoms with Crippen LogP contribution in [-0.2, 0) is 5.41 Å². The average Bonchev–Trinajstić information content (AvgIpc) is 2.37. The number of nitrogens with zero attached hydrogens (tertiary/aromatic N) is 1. The largest absolute Gasteiger partial charge is 0.342 e. The van der Waals surface area contributed by atoms with Gasteiger partial charge in [-0.1, -0.05) is 48.9 Å². The van der Waals surface area contributed by atoms with Gasteiger partial charge in [-0.25, -0.2) is 4.98 Å². The number of aryl methyl sites for hydroxylation is 2. The van der Waals surface area contributed by atoms with Gasteiger partial charge < -0.3 is 4.98 Å². The molecule has 1 N–H and O–H groups in total. The molecule has 21 heavy (non-hydrogen) atoms. The van der Waals surface area contributed by atoms with Crippen LogP contribution in [0.15, 0.2) is 21.1 Å². The number of hydrogen-bond donors (Lipinski definition) is 1. The van der Waals surface area contributed by atoms with E-state index in [4.69, 9.17) is 12.2 Å². The minimum Gasteiger partial charge on any atom is -0.342 e. The van der Waals surface area contributed by atoms with Crippen LogP contribution in [0.5, 0.6) is 0 Å². The molecule has 1 aromatic heterocycles. The summed E-state index contributed by atoms with van der Waals surface area (Å²) in [5.74, 6) is 0.812. The Hall–Kier alpha value is -0.520. The molecule has 0 atom stereocenters. The van der Waals surface area contributed by atoms with Crippen LogP contribution in [0.1, 0.15) is 37.6 Å². The lowest BCUT2D eigenvalue weighted by molar-refractivity contribution is 0.563. The smallest absolute Gasteiger partial charge is 0.144 e. The molecule has 0 saturated carbocycles. The topological polar surface area (TPSA) is 28.7 Å². The Morgan fingerprint density at radius 3 is 2.05 bits per heavy atom. The van der Waals surface area contributed by atoms with Crippen molar-refractivity contribution in [3.05, 3.63) is 42.5 Å². The second-order valence-electron chi connectivity index (χ2n) is 6.25. The summed E-state index contributed by atoms with van der Waals surface area (Å²) in [6.07, 6.45) is 0. The molecule has 0 bridgehead atoms. The average molecular weight is 430 g/mol. The van der Waals surface area contributed by atoms with E-state index in [1.807, 2.05) is 0 Å². The fraction of sp³-hybridized carbons (Fsp3) is 0.375. The van der Waals surface area contributed by atoms with Crippen molar-refractivity contribution in [3.8, 4) is 11.4 Å². The predicted molar refractivity (Wildman–Crippen MR) is 98.4 cm³/mol. The fourth-order valence-corrected chi connectivity index (χ4v) is 3.40. The number of aromatic amines is 1. The van der Waals surface area contributed by atoms with Gasteiger partial charge in [0.1, 0.15) is 10.5 Å². The molecule has 2 rings (SSSR count). The normalized spacial score (nSPS) is 11.8. The van der Waals surface area contributed by atoms with Gasteiger partial charge in [0.2, 0.25) is 0 Å². The van der Waals surface area contributed by atoms with Crippen molar-refractivity contribution >= 4 is 44.1 Å². The lowest BCUT2D eigenvalue weighted by Gasteiger charge is -2.21. The van der Waals surface area contributed by atoms with E-state index in [0.29, 0.717) is 4.64 Å². The Bertz CT molecular complexity index is 735. The molecule has 0 aliphatic heterocycles. The van der Waals surface area contributed by atoms with Gasteiger partial charge in [0, 0.05) is 21.1 Å². The summed E-state index contributed by atoms with van der Waals surface area (Å²) in [6, 6.07) is 4.23. The number of rotatable bonds is 1. The molecule has 1 aromatic carbocycles. The first kappa shape index (κ1) is 16.8. The monoisotopic (exact) mass is 428 g/mol. The molecule has 0 aliphatic rings. The van der Waals surface area contributed by atoms with Gasteiger partial charge in [-0.15, -0.1) is 0 Å². The maximum Gasteiger partial charge on any atom is 0.144 e. The van der Waals surface area contributed by atoms with Crippen LogP contribution < -0.4 is 0 Å². The summed E-state index contributed by atoms with van der Waals surface area (Å²) >= 11 is 12.6. The lowest BCUT2D eigenvalue weighted by Crippen LogP contribution is -2.16. The van der Waals surface area contributed by atoms with Gasteiger partial charge in [0.25, 0.3) is 0 Å². The standard InChI is InChI=1S/C16H18Br2N2S/c1-8-6-10(7-9(2)11(8)17)14-19-13(16(3,4)5)12(18)15(21)20-14/h6-7H,1-5H3,(H,19,20,21). The molecule has 112 valence electrons. The fourth-order valence-electron chi connectivity index (χ4n) is 2.19. The van der Waals surface area contributed by atoms with Crippen LogP contribution in [-0.4, -0.2) is 9.97 Å². The quantitative estimate of drug-likeness (QED) is 0.543. The molecule has 2 aromatic rings. The van der Waals surface area contributed by atoms with E-state index in [9.17, 15) is 0 Å². The molecule has 0 saturated heterocycles. The summed E-state index contributed by atoms with van der Waals surface area (Å²) < 4.78 is 2.60. The van der Waals surface area contributed by atoms with E-state index in [2.05, 4.69) is 88.6 Å². The summed E-state index contributed by atoms with van der Waals surface area (Å²) in [4.78, 5) is 7.97. The zero-order valence-corrected chi connectivity index (χ0v) is 16.8. The number of nitrogens with one attached hydrogen (secondary N) is 1. The minimum absolute atomic E-state index is 0.0382. The number of aromatic nitrogens is 2. The Morgan fingerprint density at radius 1 is 1.05 bits per heavy atom. The number of hydrogen-bond acceptors (Lipinski definition) is 2. The maximum atomic E-state index is 5.40. The molecular formula is C16H18Br2N2S. The van der Waals surface area contributed by atoms with E-state index < -0.39 is 0 Å². The summed E-state index contributed by atoms with van der Waals surface area (Å²) in [5.41, 5.74) is 4.45. The molecule has 0 amide bonds. The Morgan fingerprint density at radius 2 is 1.57 bits per heavy atom. The van der Waals surface area contributed by atoms with Crippen LogP contribution in [0.25, 0.3) is 11.4 Å². The van der Waals surface area contributed by atoms with Gasteiger partial charge in [0.05, 0.1) is 4.47 Å². The van der Waals surface area contributed by atoms with Crippen molar-refractivity contribution in [3.63, 3.8) is 0 Å². The molecule has 0 fully saturated rings. The SMILES string of the molecule is Cc1cc(-c2nc(=S)c(Br)c(C(C)(C)C)[nH]2)cc(C)c1Br. The highest BCUT2D eigenvalue weighted by Crippen LogP contribution is 2.32. The second-order valence-corrected chi connectivity index (χ2v) is 8.23. The summed E-state index contributed by atoms with van der Waals surface area (Å²) in [6.45, 7) is 10.6. The predicted octanol–water partition coefficient (Wildman–Crippen LogP) is 6.25. The number of H-pyrrole nitrogens is 1. The first-order valence-corrected chi connectivity index (χ1v) is 8.68. The Balaban J connectivity index is 2.71.